The summed E-state index contributed by atoms with van der Waals surface area (Å²) in [4.78, 5) is 0. The molecule has 0 aliphatic carbocycles. The van der Waals surface area contributed by atoms with E-state index >= 15 is 0 Å². The maximum absolute atomic E-state index is 5.50. The van der Waals surface area contributed by atoms with Gasteiger partial charge in [0, 0.05) is 5.41 Å². The van der Waals surface area contributed by atoms with Crippen LogP contribution in [0.4, 0.5) is 0 Å². The molecular formula is C17H27NO. The van der Waals surface area contributed by atoms with Gasteiger partial charge in [-0.15, -0.1) is 0 Å². The zero-order valence-electron chi connectivity index (χ0n) is 12.8. The molecule has 0 amide bonds. The molecule has 1 aromatic rings. The van der Waals surface area contributed by atoms with Crippen molar-refractivity contribution in [1.29, 1.82) is 0 Å². The molecule has 0 aromatic heterocycles. The third-order valence-electron chi connectivity index (χ3n) is 4.20. The van der Waals surface area contributed by atoms with Crippen molar-refractivity contribution >= 4 is 0 Å². The highest BCUT2D eigenvalue weighted by Gasteiger charge is 2.39. The number of hydrogen-bond donors (Lipinski definition) is 1. The van der Waals surface area contributed by atoms with Crippen LogP contribution in [0.5, 0.6) is 0 Å². The summed E-state index contributed by atoms with van der Waals surface area (Å²) in [6.07, 6.45) is 2.42. The molecule has 1 N–H and O–H groups in total. The summed E-state index contributed by atoms with van der Waals surface area (Å²) >= 11 is 0. The second-order valence-corrected chi connectivity index (χ2v) is 6.81. The molecule has 1 aliphatic heterocycles. The van der Waals surface area contributed by atoms with Crippen LogP contribution in [0, 0.1) is 0 Å². The normalized spacial score (nSPS) is 18.1. The Labute approximate surface area is 117 Å². The van der Waals surface area contributed by atoms with E-state index < -0.39 is 0 Å². The van der Waals surface area contributed by atoms with Gasteiger partial charge in [-0.2, -0.15) is 0 Å². The third-order valence-corrected chi connectivity index (χ3v) is 4.20. The van der Waals surface area contributed by atoms with Gasteiger partial charge in [-0.05, 0) is 43.0 Å². The first-order chi connectivity index (χ1) is 8.98. The Kier molecular flexibility index (Phi) is 4.32. The minimum atomic E-state index is 0.230. The Bertz CT molecular complexity index is 398. The second-order valence-electron chi connectivity index (χ2n) is 6.81. The van der Waals surface area contributed by atoms with Gasteiger partial charge >= 0.3 is 0 Å². The Balaban J connectivity index is 2.11. The molecule has 1 saturated heterocycles. The summed E-state index contributed by atoms with van der Waals surface area (Å²) in [5.74, 6) is 0. The first-order valence-corrected chi connectivity index (χ1v) is 7.31. The van der Waals surface area contributed by atoms with E-state index in [1.807, 2.05) is 7.05 Å². The molecule has 1 aromatic carbocycles. The van der Waals surface area contributed by atoms with Crippen LogP contribution in [-0.2, 0) is 15.6 Å². The van der Waals surface area contributed by atoms with Crippen molar-refractivity contribution in [2.24, 2.45) is 0 Å². The lowest BCUT2D eigenvalue weighted by molar-refractivity contribution is -0.0650. The van der Waals surface area contributed by atoms with Crippen LogP contribution in [0.2, 0.25) is 0 Å². The average molecular weight is 261 g/mol. The maximum Gasteiger partial charge on any atom is 0.0585 e. The van der Waals surface area contributed by atoms with Gasteiger partial charge < -0.3 is 10.1 Å². The molecule has 1 fully saturated rings. The van der Waals surface area contributed by atoms with Gasteiger partial charge in [-0.3, -0.25) is 0 Å². The Hall–Kier alpha value is -0.860. The molecule has 0 atom stereocenters. The van der Waals surface area contributed by atoms with Crippen molar-refractivity contribution in [2.45, 2.75) is 44.4 Å². The molecule has 19 heavy (non-hydrogen) atoms. The average Bonchev–Trinajstić information content (AvgIpc) is 2.32. The lowest BCUT2D eigenvalue weighted by Gasteiger charge is -2.42. The second kappa shape index (κ2) is 5.64. The molecular weight excluding hydrogens is 234 g/mol. The van der Waals surface area contributed by atoms with E-state index in [4.69, 9.17) is 4.74 Å². The van der Waals surface area contributed by atoms with E-state index in [0.29, 0.717) is 0 Å². The Morgan fingerprint density at radius 1 is 1.16 bits per heavy atom. The number of ether oxygens (including phenoxy) is 1. The molecule has 0 saturated carbocycles. The summed E-state index contributed by atoms with van der Waals surface area (Å²) in [7, 11) is 2.02. The maximum atomic E-state index is 5.50. The Morgan fingerprint density at radius 3 is 2.21 bits per heavy atom. The monoisotopic (exact) mass is 261 g/mol. The van der Waals surface area contributed by atoms with E-state index in [9.17, 15) is 0 Å². The van der Waals surface area contributed by atoms with Crippen LogP contribution < -0.4 is 5.32 Å². The van der Waals surface area contributed by atoms with Crippen molar-refractivity contribution < 1.29 is 4.74 Å². The molecule has 0 radical (unpaired) electrons. The number of hydrogen-bond acceptors (Lipinski definition) is 2. The molecule has 0 unspecified atom stereocenters. The van der Waals surface area contributed by atoms with E-state index in [0.717, 1.165) is 19.8 Å². The third kappa shape index (κ3) is 3.18. The smallest absolute Gasteiger partial charge is 0.0585 e. The van der Waals surface area contributed by atoms with Gasteiger partial charge in [0.15, 0.2) is 0 Å². The van der Waals surface area contributed by atoms with E-state index in [1.165, 1.54) is 24.0 Å². The molecule has 0 spiro atoms. The summed E-state index contributed by atoms with van der Waals surface area (Å²) in [6.45, 7) is 9.63. The van der Waals surface area contributed by atoms with Crippen LogP contribution in [0.3, 0.4) is 0 Å². The Morgan fingerprint density at radius 2 is 1.79 bits per heavy atom. The van der Waals surface area contributed by atoms with Gasteiger partial charge in [0.25, 0.3) is 0 Å². The lowest BCUT2D eigenvalue weighted by Crippen LogP contribution is -2.47. The summed E-state index contributed by atoms with van der Waals surface area (Å²) in [5, 5.41) is 3.23. The highest BCUT2D eigenvalue weighted by molar-refractivity contribution is 5.33. The number of benzene rings is 1. The fraction of sp³-hybridized carbons (Fsp3) is 0.647. The fourth-order valence-corrected chi connectivity index (χ4v) is 2.73. The van der Waals surface area contributed by atoms with Gasteiger partial charge in [-0.25, -0.2) is 0 Å². The van der Waals surface area contributed by atoms with Gasteiger partial charge in [-0.1, -0.05) is 45.0 Å². The minimum absolute atomic E-state index is 0.230. The number of nitrogens with one attached hydrogen (secondary N) is 1. The highest BCUT2D eigenvalue weighted by Crippen LogP contribution is 2.37. The lowest BCUT2D eigenvalue weighted by atomic mass is 9.74. The van der Waals surface area contributed by atoms with Crippen molar-refractivity contribution in [3.05, 3.63) is 35.4 Å². The number of rotatable bonds is 5. The molecule has 0 bridgehead atoms. The first-order valence-electron chi connectivity index (χ1n) is 7.31. The van der Waals surface area contributed by atoms with Crippen LogP contribution in [0.25, 0.3) is 0 Å². The first kappa shape index (κ1) is 14.5. The van der Waals surface area contributed by atoms with Crippen LogP contribution >= 0.6 is 0 Å². The minimum Gasteiger partial charge on any atom is -0.379 e. The predicted molar refractivity (Wildman–Crippen MR) is 80.8 cm³/mol. The largest absolute Gasteiger partial charge is 0.379 e. The molecule has 2 heteroatoms. The van der Waals surface area contributed by atoms with Crippen molar-refractivity contribution in [3.8, 4) is 0 Å². The zero-order valence-corrected chi connectivity index (χ0v) is 12.8. The highest BCUT2D eigenvalue weighted by atomic mass is 16.5. The summed E-state index contributed by atoms with van der Waals surface area (Å²) in [6, 6.07) is 9.19. The SMILES string of the molecule is CNCCCC1(c2ccc(C(C)(C)C)cc2)COC1. The topological polar surface area (TPSA) is 21.3 Å². The van der Waals surface area contributed by atoms with Crippen molar-refractivity contribution in [3.63, 3.8) is 0 Å². The van der Waals surface area contributed by atoms with Crippen LogP contribution in [0.15, 0.2) is 24.3 Å². The van der Waals surface area contributed by atoms with Gasteiger partial charge in [0.1, 0.15) is 0 Å². The summed E-state index contributed by atoms with van der Waals surface area (Å²) < 4.78 is 5.50. The molecule has 2 rings (SSSR count). The van der Waals surface area contributed by atoms with E-state index in [2.05, 4.69) is 50.4 Å². The predicted octanol–water partition coefficient (Wildman–Crippen LogP) is 3.25. The quantitative estimate of drug-likeness (QED) is 0.822. The van der Waals surface area contributed by atoms with Gasteiger partial charge in [0.2, 0.25) is 0 Å². The van der Waals surface area contributed by atoms with Gasteiger partial charge in [0.05, 0.1) is 13.2 Å². The standard InChI is InChI=1S/C17H27NO/c1-16(2,3)14-6-8-15(9-7-14)17(12-19-13-17)10-5-11-18-4/h6-9,18H,5,10-13H2,1-4H3. The zero-order chi connectivity index (χ0) is 13.9. The fourth-order valence-electron chi connectivity index (χ4n) is 2.73. The van der Waals surface area contributed by atoms with Crippen LogP contribution in [0.1, 0.15) is 44.7 Å². The van der Waals surface area contributed by atoms with Crippen molar-refractivity contribution in [1.82, 2.24) is 5.32 Å². The molecule has 2 nitrogen and oxygen atoms in total. The summed E-state index contributed by atoms with van der Waals surface area (Å²) in [5.41, 5.74) is 3.35. The molecule has 1 heterocycles. The molecule has 1 aliphatic rings. The molecule has 106 valence electrons. The van der Waals surface area contributed by atoms with E-state index in [-0.39, 0.29) is 10.8 Å². The van der Waals surface area contributed by atoms with Crippen LogP contribution in [-0.4, -0.2) is 26.8 Å². The van der Waals surface area contributed by atoms with Crippen molar-refractivity contribution in [2.75, 3.05) is 26.8 Å². The van der Waals surface area contributed by atoms with E-state index in [1.54, 1.807) is 0 Å².